The molecule has 0 unspecified atom stereocenters. The third kappa shape index (κ3) is 4.56. The molecule has 1 saturated heterocycles. The van der Waals surface area contributed by atoms with E-state index >= 15 is 0 Å². The highest BCUT2D eigenvalue weighted by molar-refractivity contribution is 5.76. The maximum atomic E-state index is 12.3. The molecule has 0 radical (unpaired) electrons. The summed E-state index contributed by atoms with van der Waals surface area (Å²) in [4.78, 5) is 19.1. The molecule has 1 aromatic rings. The number of pyridine rings is 1. The van der Waals surface area contributed by atoms with Crippen molar-refractivity contribution in [3.05, 3.63) is 30.1 Å². The average molecular weight is 329 g/mol. The largest absolute Gasteiger partial charge is 0.353 e. The number of carbonyl (C=O) groups is 1. The van der Waals surface area contributed by atoms with Crippen molar-refractivity contribution in [1.29, 1.82) is 0 Å². The number of aryl methyl sites for hydroxylation is 1. The zero-order valence-electron chi connectivity index (χ0n) is 14.9. The number of nitrogens with one attached hydrogen (secondary N) is 1. The van der Waals surface area contributed by atoms with E-state index < -0.39 is 0 Å². The van der Waals surface area contributed by atoms with Crippen LogP contribution in [0, 0.1) is 5.92 Å². The highest BCUT2D eigenvalue weighted by atomic mass is 16.1. The van der Waals surface area contributed by atoms with E-state index in [0.717, 1.165) is 44.0 Å². The van der Waals surface area contributed by atoms with Gasteiger partial charge < -0.3 is 5.32 Å². The number of piperidine rings is 1. The fourth-order valence-corrected chi connectivity index (χ4v) is 4.35. The average Bonchev–Trinajstić information content (AvgIpc) is 3.16. The molecule has 1 saturated carbocycles. The molecule has 1 amide bonds. The highest BCUT2D eigenvalue weighted by Gasteiger charge is 2.33. The van der Waals surface area contributed by atoms with Crippen molar-refractivity contribution in [2.45, 2.75) is 70.4 Å². The molecule has 2 aliphatic rings. The van der Waals surface area contributed by atoms with Crippen molar-refractivity contribution in [3.63, 3.8) is 0 Å². The fraction of sp³-hybridized carbons (Fsp3) is 0.700. The lowest BCUT2D eigenvalue weighted by Gasteiger charge is -2.41. The molecule has 0 spiro atoms. The van der Waals surface area contributed by atoms with Crippen molar-refractivity contribution >= 4 is 5.91 Å². The molecule has 1 aromatic heterocycles. The normalized spacial score (nSPS) is 25.7. The summed E-state index contributed by atoms with van der Waals surface area (Å²) < 4.78 is 0. The molecule has 2 atom stereocenters. The molecular weight excluding hydrogens is 298 g/mol. The number of amides is 1. The number of carbonyl (C=O) groups excluding carboxylic acids is 1. The molecule has 1 aliphatic heterocycles. The molecule has 0 aromatic carbocycles. The summed E-state index contributed by atoms with van der Waals surface area (Å²) in [6, 6.07) is 5.13. The molecule has 4 heteroatoms. The standard InChI is InChI=1S/C20H31N3O/c1-2-17-15-23(18-7-3-4-8-18)13-11-19(17)22-20(24)10-9-16-6-5-12-21-14-16/h5-6,12,14,17-19H,2-4,7-11,13,15H2,1H3,(H,22,24)/t17-,19+/m1/s1. The lowest BCUT2D eigenvalue weighted by Crippen LogP contribution is -2.52. The van der Waals surface area contributed by atoms with Crippen molar-refractivity contribution in [3.8, 4) is 0 Å². The summed E-state index contributed by atoms with van der Waals surface area (Å²) in [5.41, 5.74) is 1.13. The number of rotatable bonds is 6. The minimum absolute atomic E-state index is 0.191. The van der Waals surface area contributed by atoms with Crippen LogP contribution in [0.2, 0.25) is 0 Å². The van der Waals surface area contributed by atoms with Crippen molar-refractivity contribution in [2.24, 2.45) is 5.92 Å². The van der Waals surface area contributed by atoms with E-state index in [4.69, 9.17) is 0 Å². The number of hydrogen-bond acceptors (Lipinski definition) is 3. The van der Waals surface area contributed by atoms with Crippen molar-refractivity contribution in [2.75, 3.05) is 13.1 Å². The Morgan fingerprint density at radius 2 is 2.17 bits per heavy atom. The number of hydrogen-bond donors (Lipinski definition) is 1. The lowest BCUT2D eigenvalue weighted by molar-refractivity contribution is -0.122. The van der Waals surface area contributed by atoms with Gasteiger partial charge in [-0.25, -0.2) is 0 Å². The molecule has 0 bridgehead atoms. The zero-order valence-corrected chi connectivity index (χ0v) is 14.9. The van der Waals surface area contributed by atoms with Crippen molar-refractivity contribution < 1.29 is 4.79 Å². The van der Waals surface area contributed by atoms with Crippen LogP contribution in [-0.4, -0.2) is 41.0 Å². The first-order valence-corrected chi connectivity index (χ1v) is 9.68. The van der Waals surface area contributed by atoms with E-state index in [9.17, 15) is 4.79 Å². The Kier molecular flexibility index (Phi) is 6.24. The third-order valence-electron chi connectivity index (χ3n) is 5.84. The summed E-state index contributed by atoms with van der Waals surface area (Å²) in [5, 5.41) is 3.32. The predicted octanol–water partition coefficient (Wildman–Crippen LogP) is 3.17. The SMILES string of the molecule is CC[C@@H]1CN(C2CCCC2)CC[C@@H]1NC(=O)CCc1cccnc1. The molecule has 4 nitrogen and oxygen atoms in total. The molecule has 1 N–H and O–H groups in total. The Labute approximate surface area is 146 Å². The van der Waals surface area contributed by atoms with E-state index in [-0.39, 0.29) is 5.91 Å². The number of nitrogens with zero attached hydrogens (tertiary/aromatic N) is 2. The lowest BCUT2D eigenvalue weighted by atomic mass is 9.88. The van der Waals surface area contributed by atoms with E-state index in [1.165, 1.54) is 25.7 Å². The molecule has 24 heavy (non-hydrogen) atoms. The Bertz CT molecular complexity index is 513. The van der Waals surface area contributed by atoms with E-state index in [0.29, 0.717) is 18.4 Å². The second kappa shape index (κ2) is 8.61. The Hall–Kier alpha value is -1.42. The van der Waals surface area contributed by atoms with Crippen LogP contribution in [0.4, 0.5) is 0 Å². The van der Waals surface area contributed by atoms with Crippen LogP contribution >= 0.6 is 0 Å². The Morgan fingerprint density at radius 3 is 2.88 bits per heavy atom. The molecule has 1 aliphatic carbocycles. The van der Waals surface area contributed by atoms with E-state index in [1.807, 2.05) is 18.3 Å². The minimum atomic E-state index is 0.191. The Morgan fingerprint density at radius 1 is 1.33 bits per heavy atom. The second-order valence-electron chi connectivity index (χ2n) is 7.43. The van der Waals surface area contributed by atoms with E-state index in [2.05, 4.69) is 22.1 Å². The summed E-state index contributed by atoms with van der Waals surface area (Å²) in [6.07, 6.45) is 12.7. The van der Waals surface area contributed by atoms with Gasteiger partial charge in [-0.1, -0.05) is 32.3 Å². The van der Waals surface area contributed by atoms with Gasteiger partial charge in [0.1, 0.15) is 0 Å². The molecule has 2 heterocycles. The number of likely N-dealkylation sites (tertiary alicyclic amines) is 1. The summed E-state index contributed by atoms with van der Waals surface area (Å²) in [5.74, 6) is 0.790. The molecule has 3 rings (SSSR count). The van der Waals surface area contributed by atoms with Crippen LogP contribution in [0.25, 0.3) is 0 Å². The third-order valence-corrected chi connectivity index (χ3v) is 5.84. The van der Waals surface area contributed by atoms with Gasteiger partial charge in [0.05, 0.1) is 0 Å². The fourth-order valence-electron chi connectivity index (χ4n) is 4.35. The summed E-state index contributed by atoms with van der Waals surface area (Å²) in [6.45, 7) is 4.57. The maximum absolute atomic E-state index is 12.3. The smallest absolute Gasteiger partial charge is 0.220 e. The molecule has 2 fully saturated rings. The first-order valence-electron chi connectivity index (χ1n) is 9.68. The zero-order chi connectivity index (χ0) is 16.8. The second-order valence-corrected chi connectivity index (χ2v) is 7.43. The maximum Gasteiger partial charge on any atom is 0.220 e. The molecular formula is C20H31N3O. The van der Waals surface area contributed by atoms with Gasteiger partial charge in [0.2, 0.25) is 5.91 Å². The van der Waals surface area contributed by atoms with Gasteiger partial charge >= 0.3 is 0 Å². The van der Waals surface area contributed by atoms with Gasteiger partial charge in [0.25, 0.3) is 0 Å². The van der Waals surface area contributed by atoms with Crippen LogP contribution in [0.1, 0.15) is 57.4 Å². The first-order chi connectivity index (χ1) is 11.8. The monoisotopic (exact) mass is 329 g/mol. The summed E-state index contributed by atoms with van der Waals surface area (Å²) >= 11 is 0. The first kappa shape index (κ1) is 17.4. The van der Waals surface area contributed by atoms with Crippen LogP contribution in [0.5, 0.6) is 0 Å². The summed E-state index contributed by atoms with van der Waals surface area (Å²) in [7, 11) is 0. The van der Waals surface area contributed by atoms with Gasteiger partial charge in [-0.15, -0.1) is 0 Å². The van der Waals surface area contributed by atoms with Gasteiger partial charge in [0, 0.05) is 44.0 Å². The number of aromatic nitrogens is 1. The van der Waals surface area contributed by atoms with Gasteiger partial charge in [-0.3, -0.25) is 14.7 Å². The minimum Gasteiger partial charge on any atom is -0.353 e. The van der Waals surface area contributed by atoms with E-state index in [1.54, 1.807) is 6.20 Å². The highest BCUT2D eigenvalue weighted by Crippen LogP contribution is 2.29. The van der Waals surface area contributed by atoms with Crippen molar-refractivity contribution in [1.82, 2.24) is 15.2 Å². The van der Waals surface area contributed by atoms with Crippen LogP contribution in [-0.2, 0) is 11.2 Å². The Balaban J connectivity index is 1.46. The van der Waals surface area contributed by atoms with Gasteiger partial charge in [-0.2, -0.15) is 0 Å². The van der Waals surface area contributed by atoms with Gasteiger partial charge in [-0.05, 0) is 43.2 Å². The predicted molar refractivity (Wildman–Crippen MR) is 96.7 cm³/mol. The van der Waals surface area contributed by atoms with Crippen LogP contribution in [0.15, 0.2) is 24.5 Å². The molecule has 132 valence electrons. The van der Waals surface area contributed by atoms with Crippen LogP contribution in [0.3, 0.4) is 0 Å². The topological polar surface area (TPSA) is 45.2 Å². The quantitative estimate of drug-likeness (QED) is 0.872. The van der Waals surface area contributed by atoms with Crippen LogP contribution < -0.4 is 5.32 Å². The van der Waals surface area contributed by atoms with Gasteiger partial charge in [0.15, 0.2) is 0 Å².